The van der Waals surface area contributed by atoms with Crippen molar-refractivity contribution in [3.63, 3.8) is 0 Å². The highest BCUT2D eigenvalue weighted by Gasteiger charge is 2.49. The zero-order chi connectivity index (χ0) is 20.3. The highest BCUT2D eigenvalue weighted by Crippen LogP contribution is 2.34. The summed E-state index contributed by atoms with van der Waals surface area (Å²) in [6, 6.07) is 8.90. The molecular weight excluding hydrogens is 356 g/mol. The highest BCUT2D eigenvalue weighted by atomic mass is 16.6. The fourth-order valence-corrected chi connectivity index (χ4v) is 2.51. The predicted octanol–water partition coefficient (Wildman–Crippen LogP) is 1.80. The molecule has 0 aliphatic carbocycles. The fourth-order valence-electron chi connectivity index (χ4n) is 2.51. The summed E-state index contributed by atoms with van der Waals surface area (Å²) >= 11 is 0. The molecule has 8 nitrogen and oxygen atoms in total. The molecule has 0 radical (unpaired) electrons. The lowest BCUT2D eigenvalue weighted by Gasteiger charge is -2.28. The Hall–Kier alpha value is -2.90. The first-order valence-corrected chi connectivity index (χ1v) is 8.32. The van der Waals surface area contributed by atoms with Crippen LogP contribution in [0.4, 0.5) is 0 Å². The van der Waals surface area contributed by atoms with Crippen LogP contribution in [0.1, 0.15) is 31.2 Å². The molecular formula is C19H24O8. The average molecular weight is 380 g/mol. The number of rotatable bonds is 10. The number of carbonyl (C=O) groups is 4. The first kappa shape index (κ1) is 22.1. The second-order valence-electron chi connectivity index (χ2n) is 5.79. The number of benzene rings is 1. The predicted molar refractivity (Wildman–Crippen MR) is 93.2 cm³/mol. The van der Waals surface area contributed by atoms with Crippen LogP contribution in [-0.2, 0) is 44.7 Å². The summed E-state index contributed by atoms with van der Waals surface area (Å²) in [6.45, 7) is -0.0606. The van der Waals surface area contributed by atoms with Gasteiger partial charge in [0, 0.05) is 12.8 Å². The lowest BCUT2D eigenvalue weighted by molar-refractivity contribution is -0.174. The molecule has 0 amide bonds. The van der Waals surface area contributed by atoms with Crippen molar-refractivity contribution in [2.24, 2.45) is 5.41 Å². The number of esters is 4. The molecule has 8 heteroatoms. The molecule has 0 saturated heterocycles. The van der Waals surface area contributed by atoms with Crippen LogP contribution in [0.5, 0.6) is 0 Å². The normalized spacial score (nSPS) is 10.6. The van der Waals surface area contributed by atoms with E-state index in [2.05, 4.69) is 9.47 Å². The Morgan fingerprint density at radius 3 is 1.74 bits per heavy atom. The summed E-state index contributed by atoms with van der Waals surface area (Å²) in [5.41, 5.74) is -1.09. The molecule has 0 saturated carbocycles. The topological polar surface area (TPSA) is 105 Å². The van der Waals surface area contributed by atoms with Crippen molar-refractivity contribution in [1.29, 1.82) is 0 Å². The molecule has 0 fully saturated rings. The second-order valence-corrected chi connectivity index (χ2v) is 5.79. The van der Waals surface area contributed by atoms with Crippen LogP contribution in [0.2, 0.25) is 0 Å². The van der Waals surface area contributed by atoms with Gasteiger partial charge in [-0.05, 0) is 18.4 Å². The molecule has 27 heavy (non-hydrogen) atoms. The molecule has 0 heterocycles. The number of carbonyl (C=O) groups excluding carboxylic acids is 4. The van der Waals surface area contributed by atoms with E-state index in [1.165, 1.54) is 14.2 Å². The van der Waals surface area contributed by atoms with Gasteiger partial charge in [-0.25, -0.2) is 0 Å². The molecule has 148 valence electrons. The number of ether oxygens (including phenoxy) is 4. The van der Waals surface area contributed by atoms with Gasteiger partial charge in [0.2, 0.25) is 0 Å². The number of hydrogen-bond acceptors (Lipinski definition) is 8. The van der Waals surface area contributed by atoms with Crippen LogP contribution in [0, 0.1) is 5.41 Å². The first-order chi connectivity index (χ1) is 12.9. The molecule has 1 rings (SSSR count). The minimum Gasteiger partial charge on any atom is -0.469 e. The van der Waals surface area contributed by atoms with E-state index in [4.69, 9.17) is 9.47 Å². The van der Waals surface area contributed by atoms with Crippen molar-refractivity contribution in [3.8, 4) is 0 Å². The highest BCUT2D eigenvalue weighted by molar-refractivity contribution is 6.00. The monoisotopic (exact) mass is 380 g/mol. The quantitative estimate of drug-likeness (QED) is 0.344. The van der Waals surface area contributed by atoms with Gasteiger partial charge in [-0.2, -0.15) is 0 Å². The lowest BCUT2D eigenvalue weighted by atomic mass is 9.78. The van der Waals surface area contributed by atoms with Crippen LogP contribution in [0.3, 0.4) is 0 Å². The number of methoxy groups -OCH3 is 3. The summed E-state index contributed by atoms with van der Waals surface area (Å²) in [5, 5.41) is 0. The third-order valence-corrected chi connectivity index (χ3v) is 4.15. The van der Waals surface area contributed by atoms with Crippen molar-refractivity contribution in [2.75, 3.05) is 21.3 Å². The van der Waals surface area contributed by atoms with Gasteiger partial charge < -0.3 is 18.9 Å². The summed E-state index contributed by atoms with van der Waals surface area (Å²) in [5.74, 6) is -2.95. The Balaban J connectivity index is 3.05. The van der Waals surface area contributed by atoms with Gasteiger partial charge in [-0.1, -0.05) is 30.3 Å². The van der Waals surface area contributed by atoms with Gasteiger partial charge >= 0.3 is 23.9 Å². The number of hydrogen-bond donors (Lipinski definition) is 0. The molecule has 0 atom stereocenters. The minimum atomic E-state index is -1.81. The van der Waals surface area contributed by atoms with Crippen LogP contribution < -0.4 is 0 Å². The average Bonchev–Trinajstić information content (AvgIpc) is 2.71. The lowest BCUT2D eigenvalue weighted by Crippen LogP contribution is -2.42. The Labute approximate surface area is 157 Å². The fraction of sp³-hybridized carbons (Fsp3) is 0.474. The Bertz CT molecular complexity index is 633. The van der Waals surface area contributed by atoms with Gasteiger partial charge in [-0.15, -0.1) is 0 Å². The van der Waals surface area contributed by atoms with E-state index in [1.54, 1.807) is 24.3 Å². The van der Waals surface area contributed by atoms with Crippen molar-refractivity contribution < 1.29 is 38.1 Å². The smallest absolute Gasteiger partial charge is 0.323 e. The van der Waals surface area contributed by atoms with Crippen molar-refractivity contribution in [1.82, 2.24) is 0 Å². The van der Waals surface area contributed by atoms with Gasteiger partial charge in [-0.3, -0.25) is 19.2 Å². The zero-order valence-electron chi connectivity index (χ0n) is 15.7. The van der Waals surface area contributed by atoms with Gasteiger partial charge in [0.1, 0.15) is 6.61 Å². The van der Waals surface area contributed by atoms with E-state index in [0.717, 1.165) is 12.7 Å². The van der Waals surface area contributed by atoms with E-state index in [-0.39, 0.29) is 32.3 Å². The molecule has 1 aromatic carbocycles. The third-order valence-electron chi connectivity index (χ3n) is 4.15. The minimum absolute atomic E-state index is 0.0606. The van der Waals surface area contributed by atoms with E-state index in [9.17, 15) is 19.2 Å². The standard InChI is InChI=1S/C19H24O8/c1-24-15(20)9-11-19(17(22)26-3,12-10-16(21)25-2)18(23)27-13-14-7-5-4-6-8-14/h4-8H,9-13H2,1-3H3. The van der Waals surface area contributed by atoms with Gasteiger partial charge in [0.15, 0.2) is 5.41 Å². The maximum Gasteiger partial charge on any atom is 0.323 e. The maximum absolute atomic E-state index is 12.8. The van der Waals surface area contributed by atoms with Crippen molar-refractivity contribution in [3.05, 3.63) is 35.9 Å². The summed E-state index contributed by atoms with van der Waals surface area (Å²) in [4.78, 5) is 48.4. The zero-order valence-corrected chi connectivity index (χ0v) is 15.7. The molecule has 0 unspecified atom stereocenters. The third kappa shape index (κ3) is 6.40. The molecule has 0 N–H and O–H groups in total. The van der Waals surface area contributed by atoms with Gasteiger partial charge in [0.05, 0.1) is 21.3 Å². The van der Waals surface area contributed by atoms with E-state index < -0.39 is 29.3 Å². The van der Waals surface area contributed by atoms with Gasteiger partial charge in [0.25, 0.3) is 0 Å². The first-order valence-electron chi connectivity index (χ1n) is 8.32. The Kier molecular flexibility index (Phi) is 8.98. The SMILES string of the molecule is COC(=O)CCC(CCC(=O)OC)(C(=O)OC)C(=O)OCc1ccccc1. The Morgan fingerprint density at radius 2 is 1.30 bits per heavy atom. The largest absolute Gasteiger partial charge is 0.469 e. The van der Waals surface area contributed by atoms with Crippen LogP contribution >= 0.6 is 0 Å². The molecule has 0 aliphatic rings. The van der Waals surface area contributed by atoms with E-state index in [0.29, 0.717) is 0 Å². The van der Waals surface area contributed by atoms with Crippen molar-refractivity contribution >= 4 is 23.9 Å². The molecule has 0 spiro atoms. The van der Waals surface area contributed by atoms with Crippen LogP contribution in [0.15, 0.2) is 30.3 Å². The Morgan fingerprint density at radius 1 is 0.778 bits per heavy atom. The molecule has 0 bridgehead atoms. The maximum atomic E-state index is 12.8. The van der Waals surface area contributed by atoms with E-state index in [1.807, 2.05) is 6.07 Å². The molecule has 1 aromatic rings. The van der Waals surface area contributed by atoms with Crippen molar-refractivity contribution in [2.45, 2.75) is 32.3 Å². The second kappa shape index (κ2) is 10.9. The van der Waals surface area contributed by atoms with Crippen LogP contribution in [-0.4, -0.2) is 45.2 Å². The van der Waals surface area contributed by atoms with E-state index >= 15 is 0 Å². The summed E-state index contributed by atoms with van der Waals surface area (Å²) < 4.78 is 19.2. The van der Waals surface area contributed by atoms with Crippen LogP contribution in [0.25, 0.3) is 0 Å². The summed E-state index contributed by atoms with van der Waals surface area (Å²) in [6.07, 6.45) is -0.853. The summed E-state index contributed by atoms with van der Waals surface area (Å²) in [7, 11) is 3.52. The molecule has 0 aromatic heterocycles. The molecule has 0 aliphatic heterocycles.